The van der Waals surface area contributed by atoms with Crippen LogP contribution in [-0.2, 0) is 0 Å². The normalized spacial score (nSPS) is 19.9. The number of benzene rings is 2. The van der Waals surface area contributed by atoms with E-state index in [1.807, 2.05) is 97.1 Å². The first-order valence-corrected chi connectivity index (χ1v) is 16.9. The van der Waals surface area contributed by atoms with Crippen LogP contribution >= 0.6 is 0 Å². The van der Waals surface area contributed by atoms with Crippen LogP contribution in [0.1, 0.15) is 89.1 Å². The molecule has 256 valence electrons. The Balaban J connectivity index is 0.00000255. The van der Waals surface area contributed by atoms with E-state index in [0.717, 1.165) is 36.1 Å². The molecule has 10 heteroatoms. The Hall–Kier alpha value is -4.70. The van der Waals surface area contributed by atoms with Gasteiger partial charge in [0.15, 0.2) is 0 Å². The molecule has 1 aliphatic carbocycles. The number of rotatable bonds is 6. The largest absolute Gasteiger partial charge is 0.484 e. The van der Waals surface area contributed by atoms with E-state index in [2.05, 4.69) is 20.5 Å². The second-order valence-corrected chi connectivity index (χ2v) is 13.3. The van der Waals surface area contributed by atoms with Gasteiger partial charge in [-0.25, -0.2) is 9.79 Å². The van der Waals surface area contributed by atoms with Crippen LogP contribution in [0.5, 0.6) is 5.75 Å². The van der Waals surface area contributed by atoms with Gasteiger partial charge in [-0.05, 0) is 81.6 Å². The Labute approximate surface area is 285 Å². The highest BCUT2D eigenvalue weighted by atomic mass is 16.5. The van der Waals surface area contributed by atoms with Gasteiger partial charge in [0.2, 0.25) is 0 Å². The maximum Gasteiger partial charge on any atom is 0.320 e. The number of aromatic nitrogens is 1. The number of urea groups is 1. The molecule has 6 N–H and O–H groups in total. The van der Waals surface area contributed by atoms with Crippen molar-refractivity contribution in [2.24, 2.45) is 16.1 Å². The monoisotopic (exact) mass is 652 g/mol. The number of hydrogen-bond acceptors (Lipinski definition) is 7. The van der Waals surface area contributed by atoms with Crippen molar-refractivity contribution in [3.05, 3.63) is 101 Å². The van der Waals surface area contributed by atoms with Crippen LogP contribution in [-0.4, -0.2) is 46.8 Å². The van der Waals surface area contributed by atoms with Gasteiger partial charge in [0.05, 0.1) is 24.0 Å². The third kappa shape index (κ3) is 9.01. The summed E-state index contributed by atoms with van der Waals surface area (Å²) < 4.78 is 8.11. The van der Waals surface area contributed by atoms with Gasteiger partial charge >= 0.3 is 6.03 Å². The van der Waals surface area contributed by atoms with E-state index in [4.69, 9.17) is 21.3 Å². The van der Waals surface area contributed by atoms with Crippen molar-refractivity contribution in [2.45, 2.75) is 85.4 Å². The average Bonchev–Trinajstić information content (AvgIpc) is 3.50. The van der Waals surface area contributed by atoms with Crippen LogP contribution < -0.4 is 26.6 Å². The summed E-state index contributed by atoms with van der Waals surface area (Å²) in [5.74, 6) is 1.35. The summed E-state index contributed by atoms with van der Waals surface area (Å²) >= 11 is 0. The summed E-state index contributed by atoms with van der Waals surface area (Å²) in [6, 6.07) is 18.6. The quantitative estimate of drug-likeness (QED) is 0.143. The van der Waals surface area contributed by atoms with Crippen molar-refractivity contribution >= 4 is 23.4 Å². The number of aryl methyl sites for hydroxylation is 1. The van der Waals surface area contributed by atoms with E-state index >= 15 is 0 Å². The first kappa shape index (κ1) is 36.1. The van der Waals surface area contributed by atoms with E-state index in [0.29, 0.717) is 41.6 Å². The van der Waals surface area contributed by atoms with Crippen LogP contribution in [0.2, 0.25) is 0 Å². The second kappa shape index (κ2) is 15.9. The number of amides is 2. The molecule has 10 nitrogen and oxygen atoms in total. The number of aliphatic imine (C=N–C) groups is 1. The number of hydrogen-bond donors (Lipinski definition) is 5. The van der Waals surface area contributed by atoms with Crippen LogP contribution in [0, 0.1) is 23.2 Å². The molecule has 3 aromatic rings. The number of amidine groups is 1. The van der Waals surface area contributed by atoms with E-state index in [-0.39, 0.29) is 35.1 Å². The Morgan fingerprint density at radius 3 is 2.35 bits per heavy atom. The summed E-state index contributed by atoms with van der Waals surface area (Å²) in [7, 11) is 2.02. The van der Waals surface area contributed by atoms with Gasteiger partial charge in [0, 0.05) is 17.2 Å². The molecular formula is C38H52N8O2. The third-order valence-electron chi connectivity index (χ3n) is 8.72. The molecule has 2 amide bonds. The number of allylic oxidation sites excluding steroid dienone is 1. The number of likely N-dealkylation sites (N-methyl/N-ethyl adjacent to an activating group) is 1. The number of likely N-dealkylation sites (tertiary alicyclic amines) is 1. The fourth-order valence-corrected chi connectivity index (χ4v) is 5.88. The molecule has 2 heterocycles. The molecule has 1 aromatic heterocycles. The molecule has 48 heavy (non-hydrogen) atoms. The number of nitrogens with one attached hydrogen (secondary N) is 4. The molecule has 2 aliphatic rings. The van der Waals surface area contributed by atoms with Gasteiger partial charge in [0.1, 0.15) is 29.0 Å². The smallest absolute Gasteiger partial charge is 0.320 e. The van der Waals surface area contributed by atoms with Gasteiger partial charge in [-0.3, -0.25) is 25.6 Å². The predicted octanol–water partition coefficient (Wildman–Crippen LogP) is 7.09. The lowest BCUT2D eigenvalue weighted by atomic mass is 9.85. The Morgan fingerprint density at radius 2 is 1.71 bits per heavy atom. The Morgan fingerprint density at radius 1 is 1.02 bits per heavy atom. The summed E-state index contributed by atoms with van der Waals surface area (Å²) in [6.07, 6.45) is 6.53. The maximum atomic E-state index is 13.4. The molecule has 3 atom stereocenters. The lowest BCUT2D eigenvalue weighted by molar-refractivity contribution is 0.171. The van der Waals surface area contributed by atoms with E-state index in [1.54, 1.807) is 29.0 Å². The van der Waals surface area contributed by atoms with E-state index in [1.165, 1.54) is 0 Å². The van der Waals surface area contributed by atoms with Crippen molar-refractivity contribution in [3.8, 4) is 5.75 Å². The van der Waals surface area contributed by atoms with Crippen molar-refractivity contribution < 1.29 is 9.53 Å². The van der Waals surface area contributed by atoms with Crippen LogP contribution in [0.4, 0.5) is 10.5 Å². The Kier molecular flexibility index (Phi) is 12.0. The minimum absolute atomic E-state index is 0.0134. The zero-order valence-corrected chi connectivity index (χ0v) is 29.4. The molecular weight excluding hydrogens is 600 g/mol. The average molecular weight is 653 g/mol. The molecule has 1 fully saturated rings. The first-order valence-electron chi connectivity index (χ1n) is 16.9. The number of pyridine rings is 1. The number of nitrogens with zero attached hydrogens (tertiary/aromatic N) is 3. The molecule has 2 aromatic carbocycles. The summed E-state index contributed by atoms with van der Waals surface area (Å²) in [5, 5.41) is 23.3. The van der Waals surface area contributed by atoms with Crippen molar-refractivity contribution in [2.75, 3.05) is 13.6 Å². The highest BCUT2D eigenvalue weighted by Crippen LogP contribution is 2.38. The molecule has 1 saturated heterocycles. The molecule has 1 aliphatic heterocycles. The van der Waals surface area contributed by atoms with E-state index in [9.17, 15) is 4.79 Å². The second-order valence-electron chi connectivity index (χ2n) is 13.3. The maximum absolute atomic E-state index is 13.4. The van der Waals surface area contributed by atoms with Crippen molar-refractivity contribution in [3.63, 3.8) is 0 Å². The lowest BCUT2D eigenvalue weighted by Crippen LogP contribution is -2.42. The van der Waals surface area contributed by atoms with Crippen LogP contribution in [0.3, 0.4) is 0 Å². The summed E-state index contributed by atoms with van der Waals surface area (Å²) in [5.41, 5.74) is 10.8. The fourth-order valence-electron chi connectivity index (χ4n) is 5.88. The molecule has 0 saturated carbocycles. The van der Waals surface area contributed by atoms with Gasteiger partial charge < -0.3 is 15.8 Å². The third-order valence-corrected chi connectivity index (χ3v) is 8.72. The summed E-state index contributed by atoms with van der Waals surface area (Å²) in [6.45, 7) is 13.0. The van der Waals surface area contributed by atoms with Gasteiger partial charge in [0.25, 0.3) is 0 Å². The highest BCUT2D eigenvalue weighted by molar-refractivity contribution is 6.05. The fraction of sp³-hybridized carbons (Fsp3) is 0.421. The highest BCUT2D eigenvalue weighted by Gasteiger charge is 2.30. The standard InChI is InChI=1S/C36H46N8O2.C2H6/c1-23-12-14-24(15-13-23)40-33(21-31(37)36(2,3)4)42-35(45)41-28-17-18-30(27-10-7-6-9-26(27)28)46-25-16-19-32(38)44(22-25)34(39)29-11-8-20-43(29)5;1-2/h6-7,9-10,12-16,19,21-22,28-30,38-39H,8,11,17-18,20,37H2,1-5H3,(H2,40,41,42,45);1-2H3/b31-21-,38-32?,39-34?;/t28-,29-,30+;/m0./s1. The minimum Gasteiger partial charge on any atom is -0.484 e. The SMILES string of the molecule is CC.Cc1ccc(N=C(/C=C(\N)C(C)(C)C)NC(=O)N[C@H]2CC[C@@H](Oc3ccc(=N)n(C(=N)[C@@H]4CCCN4C)c3)c3ccccc32)cc1. The van der Waals surface area contributed by atoms with Crippen LogP contribution in [0.15, 0.2) is 83.6 Å². The van der Waals surface area contributed by atoms with Gasteiger partial charge in [-0.15, -0.1) is 0 Å². The van der Waals surface area contributed by atoms with Crippen LogP contribution in [0.25, 0.3) is 0 Å². The topological polar surface area (TPSA) is 145 Å². The number of carbonyl (C=O) groups is 1. The zero-order valence-electron chi connectivity index (χ0n) is 29.4. The molecule has 0 bridgehead atoms. The number of nitrogens with two attached hydrogens (primary N) is 1. The molecule has 0 spiro atoms. The van der Waals surface area contributed by atoms with Crippen molar-refractivity contribution in [1.82, 2.24) is 20.1 Å². The minimum atomic E-state index is -0.370. The molecule has 5 rings (SSSR count). The molecule has 0 unspecified atom stereocenters. The zero-order chi connectivity index (χ0) is 35.0. The lowest BCUT2D eigenvalue weighted by Gasteiger charge is -2.32. The summed E-state index contributed by atoms with van der Waals surface area (Å²) in [4.78, 5) is 20.2. The van der Waals surface area contributed by atoms with Crippen molar-refractivity contribution in [1.29, 1.82) is 10.8 Å². The number of fused-ring (bicyclic) bond motifs is 1. The van der Waals surface area contributed by atoms with Gasteiger partial charge in [-0.2, -0.15) is 0 Å². The number of carbonyl (C=O) groups excluding carboxylic acids is 1. The predicted molar refractivity (Wildman–Crippen MR) is 194 cm³/mol. The van der Waals surface area contributed by atoms with E-state index < -0.39 is 0 Å². The first-order chi connectivity index (χ1) is 22.9. The Bertz CT molecular complexity index is 1700. The van der Waals surface area contributed by atoms with Gasteiger partial charge in [-0.1, -0.05) is 76.6 Å². The molecule has 0 radical (unpaired) electrons. The number of ether oxygens (including phenoxy) is 1.